The number of hydrogen-bond acceptors (Lipinski definition) is 4. The summed E-state index contributed by atoms with van der Waals surface area (Å²) in [7, 11) is 0. The van der Waals surface area contributed by atoms with Gasteiger partial charge in [-0.05, 0) is 13.8 Å². The Morgan fingerprint density at radius 2 is 2.38 bits per heavy atom. The summed E-state index contributed by atoms with van der Waals surface area (Å²) >= 11 is 1.63. The fourth-order valence-electron chi connectivity index (χ4n) is 0.677. The van der Waals surface area contributed by atoms with Gasteiger partial charge in [0.25, 0.3) is 0 Å². The molecule has 76 valence electrons. The zero-order chi connectivity index (χ0) is 10.1. The molecule has 4 heteroatoms. The number of ether oxygens (including phenoxy) is 1. The first-order chi connectivity index (χ1) is 6.22. The summed E-state index contributed by atoms with van der Waals surface area (Å²) in [5.41, 5.74) is 5.57. The van der Waals surface area contributed by atoms with Crippen LogP contribution in [0, 0.1) is 0 Å². The summed E-state index contributed by atoms with van der Waals surface area (Å²) in [6.45, 7) is 4.13. The van der Waals surface area contributed by atoms with Crippen LogP contribution < -0.4 is 5.73 Å². The molecule has 0 saturated carbocycles. The van der Waals surface area contributed by atoms with Gasteiger partial charge < -0.3 is 10.5 Å². The van der Waals surface area contributed by atoms with E-state index < -0.39 is 6.04 Å². The Morgan fingerprint density at radius 3 is 2.92 bits per heavy atom. The van der Waals surface area contributed by atoms with E-state index in [9.17, 15) is 4.79 Å². The smallest absolute Gasteiger partial charge is 0.323 e. The van der Waals surface area contributed by atoms with Gasteiger partial charge in [0.1, 0.15) is 6.04 Å². The van der Waals surface area contributed by atoms with Gasteiger partial charge in [0, 0.05) is 11.5 Å². The molecule has 0 aliphatic carbocycles. The lowest BCUT2D eigenvalue weighted by Gasteiger charge is -2.08. The van der Waals surface area contributed by atoms with Crippen molar-refractivity contribution in [3.8, 4) is 0 Å². The number of thioether (sulfide) groups is 1. The Hall–Kier alpha value is -0.480. The van der Waals surface area contributed by atoms with Gasteiger partial charge in [-0.3, -0.25) is 4.79 Å². The Bertz CT molecular complexity index is 171. The second-order valence-electron chi connectivity index (χ2n) is 2.47. The number of rotatable bonds is 6. The van der Waals surface area contributed by atoms with Gasteiger partial charge in [-0.2, -0.15) is 11.8 Å². The molecule has 0 rings (SSSR count). The Kier molecular flexibility index (Phi) is 7.83. The Labute approximate surface area is 83.7 Å². The summed E-state index contributed by atoms with van der Waals surface area (Å²) in [6.07, 6.45) is 4.01. The molecule has 0 aromatic rings. The third-order valence-corrected chi connectivity index (χ3v) is 2.36. The van der Waals surface area contributed by atoms with Crippen molar-refractivity contribution in [2.75, 3.05) is 18.1 Å². The van der Waals surface area contributed by atoms with Crippen LogP contribution in [0.4, 0.5) is 0 Å². The van der Waals surface area contributed by atoms with Crippen LogP contribution in [-0.4, -0.2) is 30.1 Å². The van der Waals surface area contributed by atoms with Crippen LogP contribution in [-0.2, 0) is 9.53 Å². The van der Waals surface area contributed by atoms with Crippen LogP contribution in [0.3, 0.4) is 0 Å². The second-order valence-corrected chi connectivity index (χ2v) is 3.54. The van der Waals surface area contributed by atoms with Crippen molar-refractivity contribution >= 4 is 17.7 Å². The van der Waals surface area contributed by atoms with Crippen LogP contribution in [0.2, 0.25) is 0 Å². The molecule has 0 heterocycles. The Balaban J connectivity index is 3.49. The van der Waals surface area contributed by atoms with Crippen molar-refractivity contribution in [3.63, 3.8) is 0 Å². The van der Waals surface area contributed by atoms with Gasteiger partial charge in [-0.25, -0.2) is 0 Å². The monoisotopic (exact) mass is 203 g/mol. The van der Waals surface area contributed by atoms with E-state index in [2.05, 4.69) is 0 Å². The van der Waals surface area contributed by atoms with Crippen LogP contribution in [0.1, 0.15) is 13.8 Å². The van der Waals surface area contributed by atoms with Gasteiger partial charge in [-0.15, -0.1) is 0 Å². The van der Waals surface area contributed by atoms with E-state index in [1.807, 2.05) is 19.1 Å². The third-order valence-electron chi connectivity index (χ3n) is 1.34. The zero-order valence-electron chi connectivity index (χ0n) is 8.16. The molecule has 0 aliphatic heterocycles. The first-order valence-corrected chi connectivity index (χ1v) is 5.49. The van der Waals surface area contributed by atoms with Crippen molar-refractivity contribution in [1.29, 1.82) is 0 Å². The van der Waals surface area contributed by atoms with E-state index >= 15 is 0 Å². The van der Waals surface area contributed by atoms with Gasteiger partial charge in [-0.1, -0.05) is 12.2 Å². The lowest BCUT2D eigenvalue weighted by atomic mass is 10.4. The molecule has 1 unspecified atom stereocenters. The molecule has 2 N–H and O–H groups in total. The highest BCUT2D eigenvalue weighted by Gasteiger charge is 2.13. The van der Waals surface area contributed by atoms with Crippen molar-refractivity contribution in [2.45, 2.75) is 19.9 Å². The lowest BCUT2D eigenvalue weighted by molar-refractivity contribution is -0.144. The quantitative estimate of drug-likeness (QED) is 0.400. The van der Waals surface area contributed by atoms with Crippen LogP contribution >= 0.6 is 11.8 Å². The number of esters is 1. The van der Waals surface area contributed by atoms with E-state index in [0.717, 1.165) is 5.75 Å². The molecular formula is C9H17NO2S. The van der Waals surface area contributed by atoms with Crippen molar-refractivity contribution < 1.29 is 9.53 Å². The molecule has 0 aromatic carbocycles. The van der Waals surface area contributed by atoms with Gasteiger partial charge in [0.05, 0.1) is 6.61 Å². The molecular weight excluding hydrogens is 186 g/mol. The maximum atomic E-state index is 11.0. The summed E-state index contributed by atoms with van der Waals surface area (Å²) in [5.74, 6) is 1.20. The highest BCUT2D eigenvalue weighted by Crippen LogP contribution is 2.03. The van der Waals surface area contributed by atoms with Gasteiger partial charge >= 0.3 is 5.97 Å². The van der Waals surface area contributed by atoms with E-state index in [0.29, 0.717) is 12.4 Å². The molecule has 0 fully saturated rings. The Morgan fingerprint density at radius 1 is 1.69 bits per heavy atom. The van der Waals surface area contributed by atoms with Gasteiger partial charge in [0.15, 0.2) is 0 Å². The SMILES string of the molecule is CC=CCSCC(N)C(=O)OCC. The molecule has 0 bridgehead atoms. The van der Waals surface area contributed by atoms with Crippen LogP contribution in [0.25, 0.3) is 0 Å². The summed E-state index contributed by atoms with van der Waals surface area (Å²) in [5, 5.41) is 0. The standard InChI is InChI=1S/C9H17NO2S/c1-3-5-6-13-7-8(10)9(11)12-4-2/h3,5,8H,4,6-7,10H2,1-2H3. The molecule has 0 radical (unpaired) electrons. The minimum Gasteiger partial charge on any atom is -0.465 e. The zero-order valence-corrected chi connectivity index (χ0v) is 8.97. The normalized spacial score (nSPS) is 13.2. The van der Waals surface area contributed by atoms with Crippen LogP contribution in [0.5, 0.6) is 0 Å². The molecule has 0 spiro atoms. The molecule has 1 atom stereocenters. The first-order valence-electron chi connectivity index (χ1n) is 4.33. The van der Waals surface area contributed by atoms with Crippen molar-refractivity contribution in [3.05, 3.63) is 12.2 Å². The van der Waals surface area contributed by atoms with E-state index in [4.69, 9.17) is 10.5 Å². The lowest BCUT2D eigenvalue weighted by Crippen LogP contribution is -2.34. The summed E-state index contributed by atoms with van der Waals surface area (Å²) in [6, 6.07) is -0.491. The maximum absolute atomic E-state index is 11.0. The van der Waals surface area contributed by atoms with E-state index in [1.54, 1.807) is 18.7 Å². The average molecular weight is 203 g/mol. The summed E-state index contributed by atoms with van der Waals surface area (Å²) in [4.78, 5) is 11.0. The van der Waals surface area contributed by atoms with E-state index in [1.165, 1.54) is 0 Å². The highest BCUT2D eigenvalue weighted by atomic mass is 32.2. The largest absolute Gasteiger partial charge is 0.465 e. The van der Waals surface area contributed by atoms with Crippen molar-refractivity contribution in [1.82, 2.24) is 0 Å². The van der Waals surface area contributed by atoms with Crippen LogP contribution in [0.15, 0.2) is 12.2 Å². The number of hydrogen-bond donors (Lipinski definition) is 1. The van der Waals surface area contributed by atoms with E-state index in [-0.39, 0.29) is 5.97 Å². The average Bonchev–Trinajstić information content (AvgIpc) is 2.12. The summed E-state index contributed by atoms with van der Waals surface area (Å²) < 4.78 is 4.77. The molecule has 0 amide bonds. The number of carbonyl (C=O) groups excluding carboxylic acids is 1. The molecule has 3 nitrogen and oxygen atoms in total. The van der Waals surface area contributed by atoms with Gasteiger partial charge in [0.2, 0.25) is 0 Å². The first kappa shape index (κ1) is 12.5. The predicted octanol–water partition coefficient (Wildman–Crippen LogP) is 1.19. The number of nitrogens with two attached hydrogens (primary N) is 1. The molecule has 0 saturated heterocycles. The minimum absolute atomic E-state index is 0.310. The minimum atomic E-state index is -0.491. The number of carbonyl (C=O) groups is 1. The third kappa shape index (κ3) is 6.66. The highest BCUT2D eigenvalue weighted by molar-refractivity contribution is 7.99. The number of allylic oxidation sites excluding steroid dienone is 1. The topological polar surface area (TPSA) is 52.3 Å². The second kappa shape index (κ2) is 8.13. The molecule has 13 heavy (non-hydrogen) atoms. The fraction of sp³-hybridized carbons (Fsp3) is 0.667. The molecule has 0 aliphatic rings. The molecule has 0 aromatic heterocycles. The maximum Gasteiger partial charge on any atom is 0.323 e. The fourth-order valence-corrected chi connectivity index (χ4v) is 1.53. The predicted molar refractivity (Wildman–Crippen MR) is 56.7 cm³/mol. The van der Waals surface area contributed by atoms with Crippen molar-refractivity contribution in [2.24, 2.45) is 5.73 Å².